The van der Waals surface area contributed by atoms with Gasteiger partial charge in [-0.1, -0.05) is 34.1 Å². The number of hydrogen-bond acceptors (Lipinski definition) is 3. The molecule has 0 saturated carbocycles. The summed E-state index contributed by atoms with van der Waals surface area (Å²) in [6.45, 7) is 4.82. The quantitative estimate of drug-likeness (QED) is 0.830. The van der Waals surface area contributed by atoms with Crippen molar-refractivity contribution in [2.45, 2.75) is 20.0 Å². The average Bonchev–Trinajstić information content (AvgIpc) is 2.45. The number of aliphatic hydroxyl groups is 1. The van der Waals surface area contributed by atoms with Gasteiger partial charge in [0.2, 0.25) is 0 Å². The lowest BCUT2D eigenvalue weighted by Crippen LogP contribution is -2.26. The van der Waals surface area contributed by atoms with Gasteiger partial charge in [0.25, 0.3) is 0 Å². The highest BCUT2D eigenvalue weighted by molar-refractivity contribution is 9.10. The molecule has 112 valence electrons. The molecule has 1 atom stereocenters. The minimum atomic E-state index is -0.562. The molecule has 0 saturated heterocycles. The first-order valence-electron chi connectivity index (χ1n) is 6.93. The van der Waals surface area contributed by atoms with Crippen molar-refractivity contribution < 1.29 is 9.84 Å². The number of aliphatic hydroxyl groups excluding tert-OH is 1. The fourth-order valence-electron chi connectivity index (χ4n) is 2.18. The summed E-state index contributed by atoms with van der Waals surface area (Å²) in [5.74, 6) is 0.771. The van der Waals surface area contributed by atoms with E-state index < -0.39 is 6.10 Å². The molecule has 0 amide bonds. The summed E-state index contributed by atoms with van der Waals surface area (Å²) in [4.78, 5) is 0. The second kappa shape index (κ2) is 7.48. The molecule has 0 radical (unpaired) electrons. The molecule has 0 bridgehead atoms. The minimum Gasteiger partial charge on any atom is -0.491 e. The molecular formula is C17H20BrNO2. The van der Waals surface area contributed by atoms with E-state index in [1.165, 1.54) is 0 Å². The van der Waals surface area contributed by atoms with Crippen molar-refractivity contribution in [3.05, 3.63) is 58.1 Å². The molecule has 0 heterocycles. The predicted octanol–water partition coefficient (Wildman–Crippen LogP) is 3.92. The van der Waals surface area contributed by atoms with Gasteiger partial charge >= 0.3 is 0 Å². The van der Waals surface area contributed by atoms with Gasteiger partial charge in [-0.25, -0.2) is 0 Å². The normalized spacial score (nSPS) is 12.0. The number of ether oxygens (including phenoxy) is 1. The predicted molar refractivity (Wildman–Crippen MR) is 90.0 cm³/mol. The zero-order chi connectivity index (χ0) is 15.2. The first kappa shape index (κ1) is 15.9. The zero-order valence-electron chi connectivity index (χ0n) is 12.3. The number of nitrogens with one attached hydrogen (secondary N) is 1. The smallest absolute Gasteiger partial charge is 0.119 e. The Bertz CT molecular complexity index is 564. The zero-order valence-corrected chi connectivity index (χ0v) is 13.9. The van der Waals surface area contributed by atoms with Gasteiger partial charge in [-0.2, -0.15) is 0 Å². The molecule has 2 N–H and O–H groups in total. The van der Waals surface area contributed by atoms with E-state index in [-0.39, 0.29) is 6.61 Å². The van der Waals surface area contributed by atoms with Crippen molar-refractivity contribution in [1.82, 2.24) is 0 Å². The molecule has 1 unspecified atom stereocenters. The highest BCUT2D eigenvalue weighted by atomic mass is 79.9. The summed E-state index contributed by atoms with van der Waals surface area (Å²) in [6.07, 6.45) is -0.562. The molecule has 0 spiro atoms. The van der Waals surface area contributed by atoms with Crippen LogP contribution in [0.2, 0.25) is 0 Å². The number of halogens is 1. The van der Waals surface area contributed by atoms with Gasteiger partial charge < -0.3 is 15.2 Å². The topological polar surface area (TPSA) is 41.5 Å². The molecule has 0 aliphatic heterocycles. The molecule has 2 rings (SSSR count). The van der Waals surface area contributed by atoms with Crippen molar-refractivity contribution in [2.75, 3.05) is 18.5 Å². The lowest BCUT2D eigenvalue weighted by Gasteiger charge is -2.17. The number of para-hydroxylation sites is 1. The van der Waals surface area contributed by atoms with Crippen LogP contribution in [0, 0.1) is 13.8 Å². The fraction of sp³-hybridized carbons (Fsp3) is 0.294. The van der Waals surface area contributed by atoms with Gasteiger partial charge in [0.15, 0.2) is 0 Å². The molecule has 21 heavy (non-hydrogen) atoms. The van der Waals surface area contributed by atoms with Crippen LogP contribution in [0.4, 0.5) is 5.69 Å². The van der Waals surface area contributed by atoms with Crippen LogP contribution in [-0.4, -0.2) is 24.4 Å². The van der Waals surface area contributed by atoms with Crippen LogP contribution in [-0.2, 0) is 0 Å². The first-order chi connectivity index (χ1) is 10.1. The maximum Gasteiger partial charge on any atom is 0.119 e. The number of benzene rings is 2. The highest BCUT2D eigenvalue weighted by Gasteiger charge is 2.08. The molecule has 2 aromatic carbocycles. The lowest BCUT2D eigenvalue weighted by atomic mass is 10.1. The molecule has 0 aromatic heterocycles. The molecule has 0 aliphatic carbocycles. The second-order valence-electron chi connectivity index (χ2n) is 5.07. The molecule has 0 aliphatic rings. The standard InChI is InChI=1S/C17H20BrNO2/c1-12-8-14(18)9-13(2)17(12)19-10-15(20)11-21-16-6-4-3-5-7-16/h3-9,15,19-20H,10-11H2,1-2H3. The van der Waals surface area contributed by atoms with Crippen molar-refractivity contribution in [2.24, 2.45) is 0 Å². The molecule has 4 heteroatoms. The van der Waals surface area contributed by atoms with Gasteiger partial charge in [0, 0.05) is 16.7 Å². The summed E-state index contributed by atoms with van der Waals surface area (Å²) < 4.78 is 6.60. The van der Waals surface area contributed by atoms with Gasteiger partial charge in [0.1, 0.15) is 18.5 Å². The van der Waals surface area contributed by atoms with Crippen LogP contribution >= 0.6 is 15.9 Å². The second-order valence-corrected chi connectivity index (χ2v) is 5.99. The fourth-order valence-corrected chi connectivity index (χ4v) is 2.86. The van der Waals surface area contributed by atoms with Gasteiger partial charge in [-0.3, -0.25) is 0 Å². The van der Waals surface area contributed by atoms with E-state index in [4.69, 9.17) is 4.74 Å². The number of rotatable bonds is 6. The number of anilines is 1. The maximum atomic E-state index is 10.0. The Balaban J connectivity index is 1.85. The van der Waals surface area contributed by atoms with Gasteiger partial charge in [0.05, 0.1) is 0 Å². The third-order valence-electron chi connectivity index (χ3n) is 3.20. The van der Waals surface area contributed by atoms with E-state index in [1.54, 1.807) is 0 Å². The van der Waals surface area contributed by atoms with E-state index in [9.17, 15) is 5.11 Å². The largest absolute Gasteiger partial charge is 0.491 e. The van der Waals surface area contributed by atoms with E-state index in [2.05, 4.69) is 33.4 Å². The third kappa shape index (κ3) is 4.76. The summed E-state index contributed by atoms with van der Waals surface area (Å²) in [7, 11) is 0. The van der Waals surface area contributed by atoms with Crippen LogP contribution in [0.25, 0.3) is 0 Å². The van der Waals surface area contributed by atoms with Crippen LogP contribution in [0.15, 0.2) is 46.9 Å². The molecule has 0 fully saturated rings. The summed E-state index contributed by atoms with van der Waals surface area (Å²) in [5, 5.41) is 13.3. The monoisotopic (exact) mass is 349 g/mol. The summed E-state index contributed by atoms with van der Waals surface area (Å²) in [5.41, 5.74) is 3.37. The Morgan fingerprint density at radius 2 is 1.76 bits per heavy atom. The van der Waals surface area contributed by atoms with Crippen molar-refractivity contribution >= 4 is 21.6 Å². The summed E-state index contributed by atoms with van der Waals surface area (Å²) >= 11 is 3.48. The van der Waals surface area contributed by atoms with Crippen molar-refractivity contribution in [3.63, 3.8) is 0 Å². The van der Waals surface area contributed by atoms with E-state index in [0.717, 1.165) is 27.0 Å². The van der Waals surface area contributed by atoms with Gasteiger partial charge in [-0.15, -0.1) is 0 Å². The Hall–Kier alpha value is -1.52. The highest BCUT2D eigenvalue weighted by Crippen LogP contribution is 2.25. The van der Waals surface area contributed by atoms with Crippen molar-refractivity contribution in [1.29, 1.82) is 0 Å². The average molecular weight is 350 g/mol. The maximum absolute atomic E-state index is 10.0. The first-order valence-corrected chi connectivity index (χ1v) is 7.72. The van der Waals surface area contributed by atoms with Crippen molar-refractivity contribution in [3.8, 4) is 5.75 Å². The Kier molecular flexibility index (Phi) is 5.65. The van der Waals surface area contributed by atoms with E-state index in [1.807, 2.05) is 44.2 Å². The van der Waals surface area contributed by atoms with Crippen LogP contribution in [0.1, 0.15) is 11.1 Å². The van der Waals surface area contributed by atoms with Gasteiger partial charge in [-0.05, 0) is 49.2 Å². The Morgan fingerprint density at radius 3 is 2.38 bits per heavy atom. The number of hydrogen-bond donors (Lipinski definition) is 2. The Labute approximate surface area is 134 Å². The summed E-state index contributed by atoms with van der Waals surface area (Å²) in [6, 6.07) is 13.6. The lowest BCUT2D eigenvalue weighted by molar-refractivity contribution is 0.117. The molecular weight excluding hydrogens is 330 g/mol. The van der Waals surface area contributed by atoms with E-state index >= 15 is 0 Å². The third-order valence-corrected chi connectivity index (χ3v) is 3.66. The van der Waals surface area contributed by atoms with E-state index in [0.29, 0.717) is 6.54 Å². The minimum absolute atomic E-state index is 0.269. The van der Waals surface area contributed by atoms with Crippen LogP contribution in [0.5, 0.6) is 5.75 Å². The number of aryl methyl sites for hydroxylation is 2. The van der Waals surface area contributed by atoms with Crippen LogP contribution < -0.4 is 10.1 Å². The van der Waals surface area contributed by atoms with Crippen LogP contribution in [0.3, 0.4) is 0 Å². The Morgan fingerprint density at radius 1 is 1.14 bits per heavy atom. The molecule has 3 nitrogen and oxygen atoms in total. The molecule has 2 aromatic rings. The SMILES string of the molecule is Cc1cc(Br)cc(C)c1NCC(O)COc1ccccc1.